The Kier molecular flexibility index (Phi) is 12.1. The molecule has 3 heterocycles. The molecule has 0 aliphatic heterocycles. The van der Waals surface area contributed by atoms with E-state index in [4.69, 9.17) is 0 Å². The van der Waals surface area contributed by atoms with E-state index in [9.17, 15) is 0 Å². The van der Waals surface area contributed by atoms with Crippen molar-refractivity contribution in [3.63, 3.8) is 0 Å². The molecule has 0 atom stereocenters. The summed E-state index contributed by atoms with van der Waals surface area (Å²) in [6, 6.07) is 31.5. The monoisotopic (exact) mass is 776 g/mol. The van der Waals surface area contributed by atoms with E-state index in [1.54, 1.807) is 6.20 Å². The number of aryl methyl sites for hydroxylation is 1. The molecule has 1 radical (unpaired) electrons. The number of nitrogens with zero attached hydrogens (tertiary/aromatic N) is 3. The van der Waals surface area contributed by atoms with Gasteiger partial charge in [0.25, 0.3) is 0 Å². The van der Waals surface area contributed by atoms with Gasteiger partial charge in [-0.2, -0.15) is 12.1 Å². The molecule has 0 N–H and O–H groups in total. The Morgan fingerprint density at radius 2 is 1.48 bits per heavy atom. The van der Waals surface area contributed by atoms with Crippen LogP contribution in [0, 0.1) is 12.1 Å². The smallest absolute Gasteiger partial charge is 0.0798 e. The van der Waals surface area contributed by atoms with Gasteiger partial charge in [0.2, 0.25) is 0 Å². The second-order valence-electron chi connectivity index (χ2n) is 13.4. The summed E-state index contributed by atoms with van der Waals surface area (Å²) in [5, 5.41) is 1.45. The fourth-order valence-corrected chi connectivity index (χ4v) is 6.75. The Bertz CT molecular complexity index is 1620. The predicted molar refractivity (Wildman–Crippen MR) is 185 cm³/mol. The van der Waals surface area contributed by atoms with Gasteiger partial charge in [-0.1, -0.05) is 103 Å². The van der Waals surface area contributed by atoms with Gasteiger partial charge in [0.05, 0.1) is 8.07 Å². The minimum absolute atomic E-state index is 0. The molecule has 0 bridgehead atoms. The van der Waals surface area contributed by atoms with E-state index in [1.807, 2.05) is 42.7 Å². The summed E-state index contributed by atoms with van der Waals surface area (Å²) >= 11 is 0. The van der Waals surface area contributed by atoms with Crippen LogP contribution in [0.2, 0.25) is 19.6 Å². The molecule has 5 aromatic rings. The molecule has 44 heavy (non-hydrogen) atoms. The quantitative estimate of drug-likeness (QED) is 0.127. The van der Waals surface area contributed by atoms with Gasteiger partial charge < -0.3 is 9.97 Å². The number of hydrogen-bond acceptors (Lipinski definition) is 3. The molecule has 0 amide bonds. The zero-order valence-corrected chi connectivity index (χ0v) is 31.0. The van der Waals surface area contributed by atoms with E-state index < -0.39 is 8.07 Å². The minimum Gasteiger partial charge on any atom is -0.318 e. The summed E-state index contributed by atoms with van der Waals surface area (Å²) in [7, 11) is -1.32. The normalized spacial score (nSPS) is 11.4. The van der Waals surface area contributed by atoms with Crippen molar-refractivity contribution in [2.24, 2.45) is 0 Å². The van der Waals surface area contributed by atoms with Crippen LogP contribution in [0.25, 0.3) is 33.8 Å². The van der Waals surface area contributed by atoms with Crippen LogP contribution < -0.4 is 5.19 Å². The number of rotatable bonds is 6. The standard InChI is InChI=1S/C24H26N.C15H19N2Si.Ir/c1-17(2)22-16-25-23(19-9-7-6-8-10-19)15-21(22)18-11-13-20(14-12-18)24(3,4)5;1-5-12-10-14(13-8-6-7-9-16-13)17-11-15(12)18(2,3)4;/h6-9,11-17H,1-5H3;6-7,9-11H,5H2,1-4H3;/q2*-1;. The van der Waals surface area contributed by atoms with E-state index in [1.165, 1.54) is 33.0 Å². The Hall–Kier alpha value is -3.24. The summed E-state index contributed by atoms with van der Waals surface area (Å²) in [6.45, 7) is 20.5. The van der Waals surface area contributed by atoms with Crippen LogP contribution in [0.15, 0.2) is 91.4 Å². The van der Waals surface area contributed by atoms with Gasteiger partial charge in [0.15, 0.2) is 0 Å². The molecule has 0 saturated heterocycles. The van der Waals surface area contributed by atoms with Crippen molar-refractivity contribution in [1.29, 1.82) is 0 Å². The van der Waals surface area contributed by atoms with Crippen molar-refractivity contribution < 1.29 is 20.1 Å². The van der Waals surface area contributed by atoms with Crippen LogP contribution in [0.3, 0.4) is 0 Å². The molecule has 0 unspecified atom stereocenters. The summed E-state index contributed by atoms with van der Waals surface area (Å²) < 4.78 is 0. The van der Waals surface area contributed by atoms with Gasteiger partial charge in [-0.25, -0.2) is 0 Å². The van der Waals surface area contributed by atoms with Crippen molar-refractivity contribution >= 4 is 13.3 Å². The first-order valence-electron chi connectivity index (χ1n) is 15.3. The van der Waals surface area contributed by atoms with Crippen LogP contribution in [-0.4, -0.2) is 23.0 Å². The van der Waals surface area contributed by atoms with Crippen LogP contribution >= 0.6 is 0 Å². The van der Waals surface area contributed by atoms with Gasteiger partial charge >= 0.3 is 0 Å². The molecule has 5 rings (SSSR count). The molecule has 2 aromatic carbocycles. The van der Waals surface area contributed by atoms with Gasteiger partial charge in [0.1, 0.15) is 0 Å². The maximum absolute atomic E-state index is 4.68. The second kappa shape index (κ2) is 15.2. The molecule has 5 heteroatoms. The van der Waals surface area contributed by atoms with Gasteiger partial charge in [-0.05, 0) is 68.5 Å². The average molecular weight is 776 g/mol. The Morgan fingerprint density at radius 3 is 2.02 bits per heavy atom. The van der Waals surface area contributed by atoms with Gasteiger partial charge in [0, 0.05) is 32.5 Å². The van der Waals surface area contributed by atoms with Gasteiger partial charge in [-0.15, -0.1) is 42.0 Å². The van der Waals surface area contributed by atoms with Crippen LogP contribution in [0.4, 0.5) is 0 Å². The molecule has 0 fully saturated rings. The summed E-state index contributed by atoms with van der Waals surface area (Å²) in [5.41, 5.74) is 10.5. The van der Waals surface area contributed by atoms with Crippen molar-refractivity contribution in [3.8, 4) is 33.8 Å². The van der Waals surface area contributed by atoms with Crippen molar-refractivity contribution in [2.75, 3.05) is 0 Å². The van der Waals surface area contributed by atoms with E-state index >= 15 is 0 Å². The minimum atomic E-state index is -1.32. The fourth-order valence-electron chi connectivity index (χ4n) is 5.09. The Morgan fingerprint density at radius 1 is 0.795 bits per heavy atom. The summed E-state index contributed by atoms with van der Waals surface area (Å²) in [5.74, 6) is 0.429. The molecule has 231 valence electrons. The second-order valence-corrected chi connectivity index (χ2v) is 18.4. The maximum Gasteiger partial charge on any atom is 0.0798 e. The molecular weight excluding hydrogens is 731 g/mol. The first-order chi connectivity index (χ1) is 20.4. The van der Waals surface area contributed by atoms with Crippen molar-refractivity contribution in [3.05, 3.63) is 120 Å². The summed E-state index contributed by atoms with van der Waals surface area (Å²) in [6.07, 6.45) is 6.89. The molecule has 0 aliphatic rings. The first-order valence-corrected chi connectivity index (χ1v) is 18.8. The average Bonchev–Trinajstić information content (AvgIpc) is 3.01. The number of benzene rings is 2. The predicted octanol–water partition coefficient (Wildman–Crippen LogP) is 9.69. The van der Waals surface area contributed by atoms with E-state index in [-0.39, 0.29) is 25.5 Å². The Labute approximate surface area is 280 Å². The molecule has 0 aliphatic carbocycles. The number of aromatic nitrogens is 3. The summed E-state index contributed by atoms with van der Waals surface area (Å²) in [4.78, 5) is 13.6. The van der Waals surface area contributed by atoms with Crippen molar-refractivity contribution in [2.45, 2.75) is 78.9 Å². The maximum atomic E-state index is 4.68. The Balaban J connectivity index is 0.000000247. The zero-order valence-electron chi connectivity index (χ0n) is 27.6. The topological polar surface area (TPSA) is 38.7 Å². The van der Waals surface area contributed by atoms with Crippen LogP contribution in [0.5, 0.6) is 0 Å². The largest absolute Gasteiger partial charge is 0.318 e. The van der Waals surface area contributed by atoms with E-state index in [0.29, 0.717) is 5.92 Å². The molecule has 0 saturated carbocycles. The third-order valence-electron chi connectivity index (χ3n) is 7.63. The zero-order chi connectivity index (χ0) is 31.2. The van der Waals surface area contributed by atoms with Crippen LogP contribution in [0.1, 0.15) is 64.2 Å². The molecule has 0 spiro atoms. The first kappa shape index (κ1) is 35.2. The SMILES string of the molecule is CC(C)c1cnc(-c2[c-]cccc2)cc1-c1ccc(C(C)(C)C)cc1.CCc1cc(-c2[c-]cccn2)ncc1[Si](C)(C)C.[Ir]. The number of pyridine rings is 3. The van der Waals surface area contributed by atoms with E-state index in [0.717, 1.165) is 29.1 Å². The van der Waals surface area contributed by atoms with E-state index in [2.05, 4.69) is 131 Å². The number of hydrogen-bond donors (Lipinski definition) is 0. The third kappa shape index (κ3) is 8.91. The van der Waals surface area contributed by atoms with Crippen molar-refractivity contribution in [1.82, 2.24) is 15.0 Å². The molecular formula is C39H45IrN3Si-2. The molecule has 3 aromatic heterocycles. The molecule has 3 nitrogen and oxygen atoms in total. The third-order valence-corrected chi connectivity index (χ3v) is 9.70. The van der Waals surface area contributed by atoms with Gasteiger partial charge in [-0.3, -0.25) is 4.98 Å². The fraction of sp³-hybridized carbons (Fsp3) is 0.308. The van der Waals surface area contributed by atoms with Crippen LogP contribution in [-0.2, 0) is 31.9 Å².